The minimum Gasteiger partial charge on any atom is -0.382 e. The largest absolute Gasteiger partial charge is 0.382 e. The molecule has 66 valence electrons. The van der Waals surface area contributed by atoms with Crippen LogP contribution in [0.15, 0.2) is 24.3 Å². The van der Waals surface area contributed by atoms with E-state index in [1.807, 2.05) is 0 Å². The van der Waals surface area contributed by atoms with Gasteiger partial charge in [-0.3, -0.25) is 4.79 Å². The molecule has 0 aromatic carbocycles. The van der Waals surface area contributed by atoms with Gasteiger partial charge in [-0.1, -0.05) is 12.2 Å². The van der Waals surface area contributed by atoms with Gasteiger partial charge in [-0.15, -0.1) is 0 Å². The predicted octanol–water partition coefficient (Wildman–Crippen LogP) is 0.183. The molecule has 2 N–H and O–H groups in total. The third-order valence-electron chi connectivity index (χ3n) is 2.18. The molecule has 3 nitrogen and oxygen atoms in total. The van der Waals surface area contributed by atoms with Crippen molar-refractivity contribution in [3.8, 4) is 0 Å². The Morgan fingerprint density at radius 2 is 1.75 bits per heavy atom. The van der Waals surface area contributed by atoms with E-state index in [1.165, 1.54) is 26.0 Å². The number of hydrogen-bond acceptors (Lipinski definition) is 3. The minimum atomic E-state index is -1.78. The van der Waals surface area contributed by atoms with E-state index < -0.39 is 17.0 Å². The van der Waals surface area contributed by atoms with Crippen LogP contribution in [0.3, 0.4) is 0 Å². The Morgan fingerprint density at radius 1 is 1.25 bits per heavy atom. The Hall–Kier alpha value is -0.930. The average Bonchev–Trinajstić information content (AvgIpc) is 1.95. The molecule has 1 aliphatic rings. The molecule has 0 spiro atoms. The van der Waals surface area contributed by atoms with Crippen molar-refractivity contribution in [1.29, 1.82) is 0 Å². The highest BCUT2D eigenvalue weighted by atomic mass is 16.4. The van der Waals surface area contributed by atoms with E-state index in [-0.39, 0.29) is 0 Å². The summed E-state index contributed by atoms with van der Waals surface area (Å²) in [4.78, 5) is 11.0. The number of Topliss-reactive ketones (excluding diaryl/α,β-unsaturated/α-hetero) is 1. The molecule has 1 rings (SSSR count). The van der Waals surface area contributed by atoms with E-state index >= 15 is 0 Å². The summed E-state index contributed by atoms with van der Waals surface area (Å²) in [6.07, 6.45) is 5.83. The molecule has 2 unspecified atom stereocenters. The van der Waals surface area contributed by atoms with Crippen molar-refractivity contribution in [3.05, 3.63) is 24.3 Å². The smallest absolute Gasteiger partial charge is 0.173 e. The number of rotatable bonds is 1. The predicted molar refractivity (Wildman–Crippen MR) is 44.5 cm³/mol. The third-order valence-corrected chi connectivity index (χ3v) is 2.18. The van der Waals surface area contributed by atoms with E-state index in [2.05, 4.69) is 0 Å². The first-order valence-corrected chi connectivity index (χ1v) is 3.73. The van der Waals surface area contributed by atoms with Gasteiger partial charge in [0.25, 0.3) is 0 Å². The van der Waals surface area contributed by atoms with E-state index in [9.17, 15) is 15.0 Å². The highest BCUT2D eigenvalue weighted by Gasteiger charge is 2.46. The van der Waals surface area contributed by atoms with Gasteiger partial charge in [0, 0.05) is 0 Å². The van der Waals surface area contributed by atoms with Crippen LogP contribution in [0.5, 0.6) is 0 Å². The van der Waals surface area contributed by atoms with Gasteiger partial charge in [0.15, 0.2) is 11.4 Å². The summed E-state index contributed by atoms with van der Waals surface area (Å²) in [6.45, 7) is 2.65. The summed E-state index contributed by atoms with van der Waals surface area (Å²) in [5, 5.41) is 19.4. The highest BCUT2D eigenvalue weighted by Crippen LogP contribution is 2.29. The molecule has 1 aliphatic carbocycles. The molecular formula is C9H12O3. The average molecular weight is 168 g/mol. The van der Waals surface area contributed by atoms with Crippen LogP contribution < -0.4 is 0 Å². The molecule has 12 heavy (non-hydrogen) atoms. The lowest BCUT2D eigenvalue weighted by Gasteiger charge is -2.36. The van der Waals surface area contributed by atoms with Crippen molar-refractivity contribution < 1.29 is 15.0 Å². The van der Waals surface area contributed by atoms with Crippen LogP contribution in [0.1, 0.15) is 13.8 Å². The molecule has 0 saturated heterocycles. The molecule has 0 aliphatic heterocycles. The molecule has 0 aromatic heterocycles. The first-order chi connectivity index (χ1) is 5.40. The van der Waals surface area contributed by atoms with Crippen LogP contribution >= 0.6 is 0 Å². The summed E-state index contributed by atoms with van der Waals surface area (Å²) >= 11 is 0. The maximum Gasteiger partial charge on any atom is 0.173 e. The van der Waals surface area contributed by atoms with E-state index in [0.29, 0.717) is 0 Å². The molecule has 3 heteroatoms. The Bertz CT molecular complexity index is 263. The van der Waals surface area contributed by atoms with Crippen LogP contribution in [-0.2, 0) is 4.79 Å². The number of carbonyl (C=O) groups excluding carboxylic acids is 1. The lowest BCUT2D eigenvalue weighted by molar-refractivity contribution is -0.147. The standard InChI is InChI=1S/C9H12O3/c1-7(10)9(12)6-4-3-5-8(9,2)11/h3-6,11-12H,1-2H3. The van der Waals surface area contributed by atoms with Gasteiger partial charge < -0.3 is 10.2 Å². The lowest BCUT2D eigenvalue weighted by atomic mass is 9.78. The van der Waals surface area contributed by atoms with Crippen molar-refractivity contribution in [1.82, 2.24) is 0 Å². The zero-order valence-electron chi connectivity index (χ0n) is 7.11. The second-order valence-electron chi connectivity index (χ2n) is 3.19. The third kappa shape index (κ3) is 1.11. The molecule has 0 bridgehead atoms. The Kier molecular flexibility index (Phi) is 1.94. The fraction of sp³-hybridized carbons (Fsp3) is 0.444. The number of ketones is 1. The van der Waals surface area contributed by atoms with Gasteiger partial charge in [-0.25, -0.2) is 0 Å². The molecular weight excluding hydrogens is 156 g/mol. The number of aliphatic hydroxyl groups is 2. The Balaban J connectivity index is 3.13. The van der Waals surface area contributed by atoms with Gasteiger partial charge in [-0.05, 0) is 26.0 Å². The van der Waals surface area contributed by atoms with Crippen molar-refractivity contribution >= 4 is 5.78 Å². The summed E-state index contributed by atoms with van der Waals surface area (Å²) in [7, 11) is 0. The van der Waals surface area contributed by atoms with Gasteiger partial charge in [0.05, 0.1) is 0 Å². The van der Waals surface area contributed by atoms with Gasteiger partial charge in [0.2, 0.25) is 0 Å². The monoisotopic (exact) mass is 168 g/mol. The van der Waals surface area contributed by atoms with Crippen molar-refractivity contribution in [2.75, 3.05) is 0 Å². The molecule has 0 heterocycles. The molecule has 2 atom stereocenters. The van der Waals surface area contributed by atoms with Crippen LogP contribution in [0.2, 0.25) is 0 Å². The fourth-order valence-electron chi connectivity index (χ4n) is 1.21. The minimum absolute atomic E-state index is 0.465. The zero-order chi connectivity index (χ0) is 9.41. The van der Waals surface area contributed by atoms with Crippen LogP contribution in [0.25, 0.3) is 0 Å². The maximum atomic E-state index is 11.0. The van der Waals surface area contributed by atoms with Crippen molar-refractivity contribution in [3.63, 3.8) is 0 Å². The van der Waals surface area contributed by atoms with Gasteiger partial charge >= 0.3 is 0 Å². The van der Waals surface area contributed by atoms with Crippen molar-refractivity contribution in [2.24, 2.45) is 0 Å². The Labute approximate surface area is 71.0 Å². The number of hydrogen-bond donors (Lipinski definition) is 2. The molecule has 0 saturated carbocycles. The summed E-state index contributed by atoms with van der Waals surface area (Å²) in [5.41, 5.74) is -3.28. The summed E-state index contributed by atoms with van der Waals surface area (Å²) in [5.74, 6) is -0.465. The molecule has 0 fully saturated rings. The molecule has 0 amide bonds. The van der Waals surface area contributed by atoms with Crippen molar-refractivity contribution in [2.45, 2.75) is 25.0 Å². The van der Waals surface area contributed by atoms with Gasteiger partial charge in [-0.2, -0.15) is 0 Å². The zero-order valence-corrected chi connectivity index (χ0v) is 7.11. The number of allylic oxidation sites excluding steroid dienone is 2. The quantitative estimate of drug-likeness (QED) is 0.587. The summed E-state index contributed by atoms with van der Waals surface area (Å²) < 4.78 is 0. The van der Waals surface area contributed by atoms with Crippen LogP contribution in [-0.4, -0.2) is 27.2 Å². The molecule has 0 aromatic rings. The molecule has 0 radical (unpaired) electrons. The van der Waals surface area contributed by atoms with Crippen LogP contribution in [0.4, 0.5) is 0 Å². The Morgan fingerprint density at radius 3 is 2.08 bits per heavy atom. The second kappa shape index (κ2) is 2.54. The maximum absolute atomic E-state index is 11.0. The highest BCUT2D eigenvalue weighted by molar-refractivity contribution is 5.89. The number of carbonyl (C=O) groups is 1. The van der Waals surface area contributed by atoms with Gasteiger partial charge in [0.1, 0.15) is 5.60 Å². The normalized spacial score (nSPS) is 40.0. The first-order valence-electron chi connectivity index (χ1n) is 3.73. The summed E-state index contributed by atoms with van der Waals surface area (Å²) in [6, 6.07) is 0. The van der Waals surface area contributed by atoms with E-state index in [1.54, 1.807) is 12.2 Å². The SMILES string of the molecule is CC(=O)C1(O)C=CC=CC1(C)O. The first kappa shape index (κ1) is 9.16. The fourth-order valence-corrected chi connectivity index (χ4v) is 1.21. The second-order valence-corrected chi connectivity index (χ2v) is 3.19. The van der Waals surface area contributed by atoms with Crippen LogP contribution in [0, 0.1) is 0 Å². The van der Waals surface area contributed by atoms with E-state index in [4.69, 9.17) is 0 Å². The lowest BCUT2D eigenvalue weighted by Crippen LogP contribution is -2.55. The van der Waals surface area contributed by atoms with E-state index in [0.717, 1.165) is 0 Å². The topological polar surface area (TPSA) is 57.5 Å².